The number of fused-ring (bicyclic) bond motifs is 1. The van der Waals surface area contributed by atoms with Crippen molar-refractivity contribution in [2.75, 3.05) is 13.1 Å². The Labute approximate surface area is 105 Å². The zero-order chi connectivity index (χ0) is 12.5. The zero-order valence-corrected chi connectivity index (χ0v) is 10.0. The van der Waals surface area contributed by atoms with E-state index >= 15 is 0 Å². The van der Waals surface area contributed by atoms with Gasteiger partial charge in [-0.1, -0.05) is 6.07 Å². The maximum Gasteiger partial charge on any atom is 0.372 e. The van der Waals surface area contributed by atoms with E-state index < -0.39 is 5.97 Å². The molecule has 0 bridgehead atoms. The lowest BCUT2D eigenvalue weighted by Gasteiger charge is -2.12. The Hall–Kier alpha value is -1.88. The van der Waals surface area contributed by atoms with Crippen molar-refractivity contribution in [2.24, 2.45) is 0 Å². The van der Waals surface area contributed by atoms with Crippen molar-refractivity contribution in [3.8, 4) is 0 Å². The van der Waals surface area contributed by atoms with Gasteiger partial charge in [0.1, 0.15) is 0 Å². The number of aromatic carboxylic acids is 1. The van der Waals surface area contributed by atoms with Gasteiger partial charge < -0.3 is 5.11 Å². The van der Waals surface area contributed by atoms with Crippen molar-refractivity contribution in [2.45, 2.75) is 19.4 Å². The predicted octanol–water partition coefficient (Wildman–Crippen LogP) is 1.63. The maximum absolute atomic E-state index is 11.2. The van der Waals surface area contributed by atoms with E-state index in [1.165, 1.54) is 12.8 Å². The Balaban J connectivity index is 2.02. The number of nitrogens with zero attached hydrogens (tertiary/aromatic N) is 3. The highest BCUT2D eigenvalue weighted by Gasteiger charge is 2.19. The fourth-order valence-electron chi connectivity index (χ4n) is 2.52. The van der Waals surface area contributed by atoms with Crippen molar-refractivity contribution < 1.29 is 9.90 Å². The van der Waals surface area contributed by atoms with Crippen LogP contribution in [0.15, 0.2) is 24.4 Å². The first-order chi connectivity index (χ1) is 8.75. The van der Waals surface area contributed by atoms with Gasteiger partial charge >= 0.3 is 5.97 Å². The standard InChI is InChI=1S/C13H15N3O2/c17-13(18)12-14-10(9-15-6-3-4-7-15)11-5-1-2-8-16(11)12/h1-2,5,8H,3-4,6-7,9H2,(H,17,18). The van der Waals surface area contributed by atoms with Crippen LogP contribution in [-0.4, -0.2) is 38.4 Å². The predicted molar refractivity (Wildman–Crippen MR) is 66.7 cm³/mol. The molecule has 0 saturated carbocycles. The van der Waals surface area contributed by atoms with Crippen molar-refractivity contribution in [3.05, 3.63) is 35.9 Å². The number of aromatic nitrogens is 2. The molecule has 1 aliphatic heterocycles. The van der Waals surface area contributed by atoms with Gasteiger partial charge in [-0.05, 0) is 38.1 Å². The van der Waals surface area contributed by atoms with E-state index in [1.807, 2.05) is 18.2 Å². The summed E-state index contributed by atoms with van der Waals surface area (Å²) in [5, 5.41) is 9.16. The summed E-state index contributed by atoms with van der Waals surface area (Å²) in [6, 6.07) is 5.65. The third kappa shape index (κ3) is 1.86. The molecular formula is C13H15N3O2. The first-order valence-electron chi connectivity index (χ1n) is 6.17. The number of carboxylic acids is 1. The number of carboxylic acid groups (broad SMARTS) is 1. The molecule has 3 heterocycles. The second-order valence-electron chi connectivity index (χ2n) is 4.63. The molecule has 2 aromatic rings. The minimum absolute atomic E-state index is 0.0970. The Morgan fingerprint density at radius 2 is 2.11 bits per heavy atom. The van der Waals surface area contributed by atoms with Gasteiger partial charge in [0.25, 0.3) is 0 Å². The second kappa shape index (κ2) is 4.42. The maximum atomic E-state index is 11.2. The summed E-state index contributed by atoms with van der Waals surface area (Å²) in [7, 11) is 0. The number of pyridine rings is 1. The number of likely N-dealkylation sites (tertiary alicyclic amines) is 1. The molecule has 0 atom stereocenters. The van der Waals surface area contributed by atoms with Crippen LogP contribution in [0.1, 0.15) is 29.2 Å². The summed E-state index contributed by atoms with van der Waals surface area (Å²) < 4.78 is 1.65. The molecule has 0 radical (unpaired) electrons. The molecule has 2 aromatic heterocycles. The van der Waals surface area contributed by atoms with Crippen molar-refractivity contribution in [1.29, 1.82) is 0 Å². The summed E-state index contributed by atoms with van der Waals surface area (Å²) in [4.78, 5) is 17.8. The summed E-state index contributed by atoms with van der Waals surface area (Å²) >= 11 is 0. The highest BCUT2D eigenvalue weighted by Crippen LogP contribution is 2.18. The minimum Gasteiger partial charge on any atom is -0.475 e. The minimum atomic E-state index is -0.983. The molecule has 0 aromatic carbocycles. The van der Waals surface area contributed by atoms with Crippen molar-refractivity contribution >= 4 is 11.5 Å². The van der Waals surface area contributed by atoms with Gasteiger partial charge in [-0.15, -0.1) is 0 Å². The van der Waals surface area contributed by atoms with E-state index in [9.17, 15) is 4.79 Å². The molecule has 0 unspecified atom stereocenters. The highest BCUT2D eigenvalue weighted by molar-refractivity contribution is 5.85. The lowest BCUT2D eigenvalue weighted by molar-refractivity contribution is 0.0682. The molecule has 1 fully saturated rings. The van der Waals surface area contributed by atoms with Gasteiger partial charge in [-0.25, -0.2) is 9.78 Å². The third-order valence-corrected chi connectivity index (χ3v) is 3.39. The molecule has 5 nitrogen and oxygen atoms in total. The summed E-state index contributed by atoms with van der Waals surface area (Å²) in [6.07, 6.45) is 4.19. The molecule has 18 heavy (non-hydrogen) atoms. The number of carbonyl (C=O) groups is 1. The first-order valence-corrected chi connectivity index (χ1v) is 6.17. The van der Waals surface area contributed by atoms with Crippen LogP contribution in [0.3, 0.4) is 0 Å². The van der Waals surface area contributed by atoms with E-state index in [4.69, 9.17) is 5.11 Å². The smallest absolute Gasteiger partial charge is 0.372 e. The first kappa shape index (κ1) is 11.2. The number of rotatable bonds is 3. The molecular weight excluding hydrogens is 230 g/mol. The third-order valence-electron chi connectivity index (χ3n) is 3.39. The van der Waals surface area contributed by atoms with Crippen LogP contribution in [-0.2, 0) is 6.54 Å². The SMILES string of the molecule is O=C(O)c1nc(CN2CCCC2)c2ccccn12. The normalized spacial score (nSPS) is 16.4. The molecule has 94 valence electrons. The number of hydrogen-bond donors (Lipinski definition) is 1. The molecule has 0 amide bonds. The summed E-state index contributed by atoms with van der Waals surface area (Å²) in [6.45, 7) is 2.89. The molecule has 1 aliphatic rings. The fraction of sp³-hybridized carbons (Fsp3) is 0.385. The van der Waals surface area contributed by atoms with Gasteiger partial charge in [-0.3, -0.25) is 9.30 Å². The Morgan fingerprint density at radius 3 is 2.83 bits per heavy atom. The van der Waals surface area contributed by atoms with Crippen LogP contribution in [0.5, 0.6) is 0 Å². The van der Waals surface area contributed by atoms with Crippen molar-refractivity contribution in [3.63, 3.8) is 0 Å². The topological polar surface area (TPSA) is 57.8 Å². The second-order valence-corrected chi connectivity index (χ2v) is 4.63. The molecule has 1 N–H and O–H groups in total. The molecule has 0 spiro atoms. The van der Waals surface area contributed by atoms with E-state index in [-0.39, 0.29) is 5.82 Å². The Kier molecular flexibility index (Phi) is 2.76. The molecule has 5 heteroatoms. The van der Waals surface area contributed by atoms with Crippen LogP contribution in [0.25, 0.3) is 5.52 Å². The highest BCUT2D eigenvalue weighted by atomic mass is 16.4. The summed E-state index contributed by atoms with van der Waals surface area (Å²) in [5.41, 5.74) is 1.75. The fourth-order valence-corrected chi connectivity index (χ4v) is 2.52. The average Bonchev–Trinajstić information content (AvgIpc) is 2.98. The molecule has 0 aliphatic carbocycles. The van der Waals surface area contributed by atoms with Crippen LogP contribution in [0, 0.1) is 0 Å². The zero-order valence-electron chi connectivity index (χ0n) is 10.0. The quantitative estimate of drug-likeness (QED) is 0.893. The van der Waals surface area contributed by atoms with E-state index in [1.54, 1.807) is 10.6 Å². The monoisotopic (exact) mass is 245 g/mol. The number of hydrogen-bond acceptors (Lipinski definition) is 3. The van der Waals surface area contributed by atoms with Crippen LogP contribution < -0.4 is 0 Å². The van der Waals surface area contributed by atoms with Crippen LogP contribution in [0.2, 0.25) is 0 Å². The van der Waals surface area contributed by atoms with Gasteiger partial charge in [-0.2, -0.15) is 0 Å². The van der Waals surface area contributed by atoms with E-state index in [0.717, 1.165) is 30.8 Å². The van der Waals surface area contributed by atoms with Gasteiger partial charge in [0.15, 0.2) is 0 Å². The van der Waals surface area contributed by atoms with Gasteiger partial charge in [0.05, 0.1) is 11.2 Å². The van der Waals surface area contributed by atoms with Crippen LogP contribution in [0.4, 0.5) is 0 Å². The summed E-state index contributed by atoms with van der Waals surface area (Å²) in [5.74, 6) is -0.885. The van der Waals surface area contributed by atoms with E-state index in [2.05, 4.69) is 9.88 Å². The van der Waals surface area contributed by atoms with E-state index in [0.29, 0.717) is 0 Å². The van der Waals surface area contributed by atoms with Gasteiger partial charge in [0, 0.05) is 12.7 Å². The lowest BCUT2D eigenvalue weighted by Crippen LogP contribution is -2.18. The molecule has 1 saturated heterocycles. The molecule has 3 rings (SSSR count). The number of imidazole rings is 1. The Morgan fingerprint density at radius 1 is 1.33 bits per heavy atom. The Bertz CT molecular complexity index is 585. The van der Waals surface area contributed by atoms with Crippen LogP contribution >= 0.6 is 0 Å². The average molecular weight is 245 g/mol. The van der Waals surface area contributed by atoms with Gasteiger partial charge in [0.2, 0.25) is 5.82 Å². The largest absolute Gasteiger partial charge is 0.475 e. The van der Waals surface area contributed by atoms with Crippen molar-refractivity contribution in [1.82, 2.24) is 14.3 Å². The lowest BCUT2D eigenvalue weighted by atomic mass is 10.3.